The summed E-state index contributed by atoms with van der Waals surface area (Å²) in [6.07, 6.45) is 2.47. The maximum absolute atomic E-state index is 6.13. The van der Waals surface area contributed by atoms with Crippen molar-refractivity contribution in [2.24, 2.45) is 0 Å². The molecule has 0 spiro atoms. The van der Waals surface area contributed by atoms with Crippen LogP contribution in [0.15, 0.2) is 12.4 Å². The van der Waals surface area contributed by atoms with E-state index in [4.69, 9.17) is 16.3 Å². The Bertz CT molecular complexity index is 599. The van der Waals surface area contributed by atoms with Crippen molar-refractivity contribution in [2.75, 3.05) is 19.0 Å². The quantitative estimate of drug-likeness (QED) is 0.796. The maximum Gasteiger partial charge on any atom is 0.129 e. The molecule has 114 valence electrons. The largest absolute Gasteiger partial charge is 0.378 e. The third-order valence-corrected chi connectivity index (χ3v) is 3.71. The van der Waals surface area contributed by atoms with Crippen LogP contribution >= 0.6 is 11.6 Å². The second-order valence-electron chi connectivity index (χ2n) is 4.82. The Hall–Kier alpha value is -1.66. The van der Waals surface area contributed by atoms with Gasteiger partial charge in [-0.15, -0.1) is 0 Å². The van der Waals surface area contributed by atoms with Gasteiger partial charge in [-0.3, -0.25) is 4.68 Å². The predicted molar refractivity (Wildman–Crippen MR) is 82.6 cm³/mol. The zero-order valence-corrected chi connectivity index (χ0v) is 13.3. The summed E-state index contributed by atoms with van der Waals surface area (Å²) in [5.41, 5.74) is 2.75. The van der Waals surface area contributed by atoms with E-state index in [1.165, 1.54) is 6.33 Å². The molecule has 0 aliphatic carbocycles. The van der Waals surface area contributed by atoms with E-state index in [2.05, 4.69) is 20.4 Å². The molecule has 6 nitrogen and oxygen atoms in total. The Labute approximate surface area is 129 Å². The predicted octanol–water partition coefficient (Wildman–Crippen LogP) is 2.59. The molecule has 0 saturated carbocycles. The van der Waals surface area contributed by atoms with Crippen LogP contribution in [0.4, 0.5) is 5.82 Å². The summed E-state index contributed by atoms with van der Waals surface area (Å²) in [5, 5.41) is 8.43. The van der Waals surface area contributed by atoms with E-state index in [1.54, 1.807) is 7.11 Å². The fourth-order valence-corrected chi connectivity index (χ4v) is 2.19. The monoisotopic (exact) mass is 309 g/mol. The van der Waals surface area contributed by atoms with Crippen LogP contribution < -0.4 is 5.32 Å². The van der Waals surface area contributed by atoms with E-state index in [0.29, 0.717) is 6.61 Å². The number of hydrogen-bond donors (Lipinski definition) is 1. The van der Waals surface area contributed by atoms with Crippen LogP contribution in [0.2, 0.25) is 5.02 Å². The number of hydrogen-bond acceptors (Lipinski definition) is 5. The molecule has 0 aliphatic rings. The molecule has 0 radical (unpaired) electrons. The lowest BCUT2D eigenvalue weighted by molar-refractivity contribution is 0.181. The lowest BCUT2D eigenvalue weighted by atomic mass is 10.3. The molecule has 2 aromatic heterocycles. The standard InChI is InChI=1S/C14H20ClN5O/c1-10-14(15)11(2)20(19-10)6-4-5-16-13-7-12(8-21-3)17-9-18-13/h7,9H,4-6,8H2,1-3H3,(H,16,17,18). The number of rotatable bonds is 7. The minimum Gasteiger partial charge on any atom is -0.378 e. The minimum absolute atomic E-state index is 0.488. The van der Waals surface area contributed by atoms with Gasteiger partial charge >= 0.3 is 0 Å². The molecule has 0 aliphatic heterocycles. The summed E-state index contributed by atoms with van der Waals surface area (Å²) in [6.45, 7) is 6.02. The van der Waals surface area contributed by atoms with Gasteiger partial charge in [0.05, 0.1) is 28.7 Å². The highest BCUT2D eigenvalue weighted by molar-refractivity contribution is 6.31. The molecule has 0 unspecified atom stereocenters. The number of ether oxygens (including phenoxy) is 1. The van der Waals surface area contributed by atoms with E-state index < -0.39 is 0 Å². The second-order valence-corrected chi connectivity index (χ2v) is 5.19. The van der Waals surface area contributed by atoms with Crippen LogP contribution in [0.25, 0.3) is 0 Å². The first-order valence-corrected chi connectivity index (χ1v) is 7.23. The average Bonchev–Trinajstić information content (AvgIpc) is 2.72. The first kappa shape index (κ1) is 15.7. The van der Waals surface area contributed by atoms with Crippen molar-refractivity contribution in [3.8, 4) is 0 Å². The Morgan fingerprint density at radius 2 is 2.14 bits per heavy atom. The van der Waals surface area contributed by atoms with Gasteiger partial charge in [-0.1, -0.05) is 11.6 Å². The summed E-state index contributed by atoms with van der Waals surface area (Å²) >= 11 is 6.13. The molecule has 0 amide bonds. The molecule has 7 heteroatoms. The summed E-state index contributed by atoms with van der Waals surface area (Å²) in [4.78, 5) is 8.30. The van der Waals surface area contributed by atoms with Crippen LogP contribution in [0.3, 0.4) is 0 Å². The van der Waals surface area contributed by atoms with Crippen molar-refractivity contribution < 1.29 is 4.74 Å². The molecule has 0 atom stereocenters. The third-order valence-electron chi connectivity index (χ3n) is 3.16. The third kappa shape index (κ3) is 4.15. The van der Waals surface area contributed by atoms with E-state index in [1.807, 2.05) is 24.6 Å². The van der Waals surface area contributed by atoms with E-state index in [0.717, 1.165) is 47.4 Å². The van der Waals surface area contributed by atoms with Crippen LogP contribution in [-0.2, 0) is 17.9 Å². The molecular weight excluding hydrogens is 290 g/mol. The van der Waals surface area contributed by atoms with E-state index in [-0.39, 0.29) is 0 Å². The number of aromatic nitrogens is 4. The van der Waals surface area contributed by atoms with Crippen LogP contribution in [0, 0.1) is 13.8 Å². The number of methoxy groups -OCH3 is 1. The first-order valence-electron chi connectivity index (χ1n) is 6.85. The number of nitrogens with one attached hydrogen (secondary N) is 1. The summed E-state index contributed by atoms with van der Waals surface area (Å²) in [5.74, 6) is 0.809. The number of aryl methyl sites for hydroxylation is 2. The molecule has 0 fully saturated rings. The van der Waals surface area contributed by atoms with Gasteiger partial charge in [0.25, 0.3) is 0 Å². The van der Waals surface area contributed by atoms with Gasteiger partial charge in [0.2, 0.25) is 0 Å². The highest BCUT2D eigenvalue weighted by Gasteiger charge is 2.08. The van der Waals surface area contributed by atoms with Gasteiger partial charge < -0.3 is 10.1 Å². The molecule has 2 heterocycles. The lowest BCUT2D eigenvalue weighted by Crippen LogP contribution is -2.10. The first-order chi connectivity index (χ1) is 10.1. The fraction of sp³-hybridized carbons (Fsp3) is 0.500. The molecule has 21 heavy (non-hydrogen) atoms. The highest BCUT2D eigenvalue weighted by atomic mass is 35.5. The number of nitrogens with zero attached hydrogens (tertiary/aromatic N) is 4. The van der Waals surface area contributed by atoms with Crippen LogP contribution in [0.1, 0.15) is 23.5 Å². The van der Waals surface area contributed by atoms with Gasteiger partial charge in [-0.25, -0.2) is 9.97 Å². The van der Waals surface area contributed by atoms with E-state index >= 15 is 0 Å². The average molecular weight is 310 g/mol. The fourth-order valence-electron chi connectivity index (χ4n) is 2.06. The Balaban J connectivity index is 1.81. The van der Waals surface area contributed by atoms with Gasteiger partial charge in [0.15, 0.2) is 0 Å². The van der Waals surface area contributed by atoms with Crippen molar-refractivity contribution in [2.45, 2.75) is 33.4 Å². The highest BCUT2D eigenvalue weighted by Crippen LogP contribution is 2.18. The zero-order chi connectivity index (χ0) is 15.2. The van der Waals surface area contributed by atoms with Crippen molar-refractivity contribution in [3.63, 3.8) is 0 Å². The molecule has 0 aromatic carbocycles. The normalized spacial score (nSPS) is 10.9. The van der Waals surface area contributed by atoms with Crippen LogP contribution in [-0.4, -0.2) is 33.4 Å². The zero-order valence-electron chi connectivity index (χ0n) is 12.6. The summed E-state index contributed by atoms with van der Waals surface area (Å²) in [6, 6.07) is 1.89. The van der Waals surface area contributed by atoms with Crippen molar-refractivity contribution in [3.05, 3.63) is 34.5 Å². The van der Waals surface area contributed by atoms with Gasteiger partial charge in [-0.2, -0.15) is 5.10 Å². The Kier molecular flexibility index (Phi) is 5.52. The molecular formula is C14H20ClN5O. The van der Waals surface area contributed by atoms with Gasteiger partial charge in [0.1, 0.15) is 12.1 Å². The maximum atomic E-state index is 6.13. The summed E-state index contributed by atoms with van der Waals surface area (Å²) in [7, 11) is 1.65. The molecule has 1 N–H and O–H groups in total. The minimum atomic E-state index is 0.488. The SMILES string of the molecule is COCc1cc(NCCCn2nc(C)c(Cl)c2C)ncn1. The number of anilines is 1. The van der Waals surface area contributed by atoms with Crippen molar-refractivity contribution >= 4 is 17.4 Å². The second kappa shape index (κ2) is 7.38. The van der Waals surface area contributed by atoms with Crippen molar-refractivity contribution in [1.82, 2.24) is 19.7 Å². The number of halogens is 1. The Morgan fingerprint density at radius 3 is 2.81 bits per heavy atom. The van der Waals surface area contributed by atoms with Crippen molar-refractivity contribution in [1.29, 1.82) is 0 Å². The van der Waals surface area contributed by atoms with Gasteiger partial charge in [0, 0.05) is 26.3 Å². The molecule has 2 rings (SSSR count). The lowest BCUT2D eigenvalue weighted by Gasteiger charge is -2.08. The smallest absolute Gasteiger partial charge is 0.129 e. The Morgan fingerprint density at radius 1 is 1.33 bits per heavy atom. The topological polar surface area (TPSA) is 64.9 Å². The molecule has 0 saturated heterocycles. The molecule has 2 aromatic rings. The van der Waals surface area contributed by atoms with Gasteiger partial charge in [-0.05, 0) is 20.3 Å². The van der Waals surface area contributed by atoms with E-state index in [9.17, 15) is 0 Å². The van der Waals surface area contributed by atoms with Crippen LogP contribution in [0.5, 0.6) is 0 Å². The molecule has 0 bridgehead atoms. The summed E-state index contributed by atoms with van der Waals surface area (Å²) < 4.78 is 6.99.